The van der Waals surface area contributed by atoms with Gasteiger partial charge in [-0.05, 0) is 18.2 Å². The van der Waals surface area contributed by atoms with Crippen LogP contribution in [0.4, 0.5) is 23.7 Å². The van der Waals surface area contributed by atoms with Crippen LogP contribution in [-0.4, -0.2) is 37.0 Å². The fraction of sp³-hybridized carbons (Fsp3) is 0.231. The van der Waals surface area contributed by atoms with E-state index in [4.69, 9.17) is 4.74 Å². The van der Waals surface area contributed by atoms with Crippen LogP contribution in [0.2, 0.25) is 0 Å². The molecular weight excluding hydrogens is 305 g/mol. The number of fused-ring (bicyclic) bond motifs is 1. The van der Waals surface area contributed by atoms with Gasteiger partial charge in [-0.15, -0.1) is 0 Å². The van der Waals surface area contributed by atoms with Crippen LogP contribution < -0.4 is 10.1 Å². The number of hydrogen-bond donors (Lipinski definition) is 1. The van der Waals surface area contributed by atoms with E-state index in [1.165, 1.54) is 25.3 Å². The van der Waals surface area contributed by atoms with Gasteiger partial charge < -0.3 is 9.47 Å². The third-order valence-electron chi connectivity index (χ3n) is 2.89. The van der Waals surface area contributed by atoms with Crippen molar-refractivity contribution in [3.8, 4) is 5.75 Å². The third kappa shape index (κ3) is 2.83. The van der Waals surface area contributed by atoms with Crippen LogP contribution in [0.5, 0.6) is 5.75 Å². The highest BCUT2D eigenvalue weighted by atomic mass is 19.4. The second-order valence-corrected chi connectivity index (χ2v) is 4.22. The van der Waals surface area contributed by atoms with Crippen molar-refractivity contribution < 1.29 is 32.2 Å². The first-order valence-corrected chi connectivity index (χ1v) is 5.93. The number of rotatable bonds is 2. The lowest BCUT2D eigenvalue weighted by atomic mass is 10.2. The summed E-state index contributed by atoms with van der Waals surface area (Å²) in [5, 5.41) is 2.66. The summed E-state index contributed by atoms with van der Waals surface area (Å²) < 4.78 is 47.6. The van der Waals surface area contributed by atoms with E-state index in [0.717, 1.165) is 13.3 Å². The molecule has 9 heteroatoms. The first kappa shape index (κ1) is 15.7. The van der Waals surface area contributed by atoms with E-state index in [2.05, 4.69) is 10.1 Å². The summed E-state index contributed by atoms with van der Waals surface area (Å²) >= 11 is 0. The zero-order valence-electron chi connectivity index (χ0n) is 11.5. The quantitative estimate of drug-likeness (QED) is 0.924. The SMILES string of the molecule is COC(=O)Nc1cc2c(ccn2C(=O)C(F)(F)F)cc1OC. The molecule has 1 aromatic heterocycles. The number of nitrogens with zero attached hydrogens (tertiary/aromatic N) is 1. The largest absolute Gasteiger partial charge is 0.495 e. The van der Waals surface area contributed by atoms with E-state index in [1.54, 1.807) is 0 Å². The Labute approximate surface area is 122 Å². The van der Waals surface area contributed by atoms with E-state index < -0.39 is 18.2 Å². The lowest BCUT2D eigenvalue weighted by Crippen LogP contribution is -2.28. The second kappa shape index (κ2) is 5.58. The smallest absolute Gasteiger partial charge is 0.472 e. The molecule has 0 atom stereocenters. The van der Waals surface area contributed by atoms with Crippen molar-refractivity contribution in [2.24, 2.45) is 0 Å². The van der Waals surface area contributed by atoms with Crippen molar-refractivity contribution in [2.75, 3.05) is 19.5 Å². The first-order valence-electron chi connectivity index (χ1n) is 5.93. The summed E-state index contributed by atoms with van der Waals surface area (Å²) in [6.07, 6.45) is -4.83. The normalized spacial score (nSPS) is 11.3. The van der Waals surface area contributed by atoms with Crippen molar-refractivity contribution in [1.29, 1.82) is 0 Å². The van der Waals surface area contributed by atoms with E-state index in [1.807, 2.05) is 0 Å². The average Bonchev–Trinajstić information content (AvgIpc) is 2.86. The molecule has 0 saturated carbocycles. The maximum Gasteiger partial charge on any atom is 0.472 e. The Morgan fingerprint density at radius 1 is 1.23 bits per heavy atom. The monoisotopic (exact) mass is 316 g/mol. The molecule has 0 aliphatic carbocycles. The summed E-state index contributed by atoms with van der Waals surface area (Å²) in [4.78, 5) is 22.6. The Balaban J connectivity index is 2.57. The van der Waals surface area contributed by atoms with Gasteiger partial charge in [-0.1, -0.05) is 0 Å². The third-order valence-corrected chi connectivity index (χ3v) is 2.89. The lowest BCUT2D eigenvalue weighted by Gasteiger charge is -2.12. The van der Waals surface area contributed by atoms with Crippen LogP contribution in [0.1, 0.15) is 4.79 Å². The topological polar surface area (TPSA) is 69.6 Å². The number of aromatic nitrogens is 1. The Hall–Kier alpha value is -2.71. The summed E-state index contributed by atoms with van der Waals surface area (Å²) in [5.74, 6) is -1.81. The highest BCUT2D eigenvalue weighted by Crippen LogP contribution is 2.32. The molecule has 0 unspecified atom stereocenters. The number of halogens is 3. The van der Waals surface area contributed by atoms with Crippen LogP contribution in [0, 0.1) is 0 Å². The molecule has 1 amide bonds. The van der Waals surface area contributed by atoms with Gasteiger partial charge in [-0.2, -0.15) is 13.2 Å². The molecule has 1 heterocycles. The highest BCUT2D eigenvalue weighted by molar-refractivity contribution is 5.99. The Morgan fingerprint density at radius 3 is 2.45 bits per heavy atom. The molecule has 1 N–H and O–H groups in total. The molecule has 2 rings (SSSR count). The molecule has 0 fully saturated rings. The van der Waals surface area contributed by atoms with Crippen molar-refractivity contribution in [2.45, 2.75) is 6.18 Å². The van der Waals surface area contributed by atoms with Gasteiger partial charge in [0.1, 0.15) is 5.75 Å². The van der Waals surface area contributed by atoms with E-state index >= 15 is 0 Å². The molecule has 0 saturated heterocycles. The molecule has 22 heavy (non-hydrogen) atoms. The number of benzene rings is 1. The average molecular weight is 316 g/mol. The summed E-state index contributed by atoms with van der Waals surface area (Å²) in [5.41, 5.74) is 0.0614. The number of methoxy groups -OCH3 is 2. The minimum atomic E-state index is -5.01. The van der Waals surface area contributed by atoms with Crippen molar-refractivity contribution in [1.82, 2.24) is 4.57 Å². The number of anilines is 1. The Bertz CT molecular complexity index is 737. The van der Waals surface area contributed by atoms with Gasteiger partial charge in [0.15, 0.2) is 0 Å². The molecular formula is C13H11F3N2O4. The Kier molecular flexibility index (Phi) is 3.98. The summed E-state index contributed by atoms with van der Waals surface area (Å²) in [6, 6.07) is 3.94. The van der Waals surface area contributed by atoms with Crippen LogP contribution in [0.15, 0.2) is 24.4 Å². The first-order chi connectivity index (χ1) is 10.3. The van der Waals surface area contributed by atoms with E-state index in [9.17, 15) is 22.8 Å². The number of hydrogen-bond acceptors (Lipinski definition) is 4. The van der Waals surface area contributed by atoms with Gasteiger partial charge in [0, 0.05) is 11.6 Å². The number of carbonyl (C=O) groups excluding carboxylic acids is 2. The number of amides is 1. The predicted molar refractivity (Wildman–Crippen MR) is 71.2 cm³/mol. The van der Waals surface area contributed by atoms with Crippen molar-refractivity contribution in [3.63, 3.8) is 0 Å². The molecule has 2 aromatic rings. The van der Waals surface area contributed by atoms with Crippen molar-refractivity contribution in [3.05, 3.63) is 24.4 Å². The van der Waals surface area contributed by atoms with E-state index in [0.29, 0.717) is 9.95 Å². The maximum absolute atomic E-state index is 12.6. The standard InChI is InChI=1S/C13H11F3N2O4/c1-21-10-5-7-3-4-18(11(19)13(14,15)16)9(7)6-8(10)17-12(20)22-2/h3-6H,1-2H3,(H,17,20). The molecule has 0 bridgehead atoms. The molecule has 6 nitrogen and oxygen atoms in total. The molecule has 0 radical (unpaired) electrons. The molecule has 118 valence electrons. The zero-order chi connectivity index (χ0) is 16.5. The summed E-state index contributed by atoms with van der Waals surface area (Å²) in [6.45, 7) is 0. The van der Waals surface area contributed by atoms with Crippen LogP contribution >= 0.6 is 0 Å². The highest BCUT2D eigenvalue weighted by Gasteiger charge is 2.40. The van der Waals surface area contributed by atoms with Crippen molar-refractivity contribution >= 4 is 28.6 Å². The van der Waals surface area contributed by atoms with Gasteiger partial charge in [0.2, 0.25) is 0 Å². The molecule has 0 aliphatic rings. The number of nitrogens with one attached hydrogen (secondary N) is 1. The van der Waals surface area contributed by atoms with Gasteiger partial charge in [-0.3, -0.25) is 14.7 Å². The second-order valence-electron chi connectivity index (χ2n) is 4.22. The number of alkyl halides is 3. The van der Waals surface area contributed by atoms with Crippen LogP contribution in [0.25, 0.3) is 10.9 Å². The number of carbonyl (C=O) groups is 2. The fourth-order valence-electron chi connectivity index (χ4n) is 1.90. The van der Waals surface area contributed by atoms with Gasteiger partial charge in [0.05, 0.1) is 25.4 Å². The lowest BCUT2D eigenvalue weighted by molar-refractivity contribution is -0.0942. The minimum Gasteiger partial charge on any atom is -0.495 e. The molecule has 1 aromatic carbocycles. The van der Waals surface area contributed by atoms with Gasteiger partial charge in [0.25, 0.3) is 0 Å². The minimum absolute atomic E-state index is 0.0190. The summed E-state index contributed by atoms with van der Waals surface area (Å²) in [7, 11) is 2.47. The molecule has 0 aliphatic heterocycles. The maximum atomic E-state index is 12.6. The van der Waals surface area contributed by atoms with Crippen LogP contribution in [-0.2, 0) is 4.74 Å². The van der Waals surface area contributed by atoms with E-state index in [-0.39, 0.29) is 17.0 Å². The zero-order valence-corrected chi connectivity index (χ0v) is 11.5. The Morgan fingerprint density at radius 2 is 1.91 bits per heavy atom. The molecule has 0 spiro atoms. The van der Waals surface area contributed by atoms with Gasteiger partial charge >= 0.3 is 18.2 Å². The fourth-order valence-corrected chi connectivity index (χ4v) is 1.90. The van der Waals surface area contributed by atoms with Gasteiger partial charge in [-0.25, -0.2) is 4.79 Å². The van der Waals surface area contributed by atoms with Crippen LogP contribution in [0.3, 0.4) is 0 Å². The predicted octanol–water partition coefficient (Wildman–Crippen LogP) is 3.03. The number of ether oxygens (including phenoxy) is 2.